The molecule has 32 heavy (non-hydrogen) atoms. The van der Waals surface area contributed by atoms with Crippen molar-refractivity contribution in [3.63, 3.8) is 0 Å². The molecule has 1 N–H and O–H groups in total. The summed E-state index contributed by atoms with van der Waals surface area (Å²) in [5.74, 6) is -0.692. The number of nitrogens with one attached hydrogen (secondary N) is 1. The van der Waals surface area contributed by atoms with Gasteiger partial charge in [0.15, 0.2) is 0 Å². The molecule has 160 valence electrons. The minimum Gasteiger partial charge on any atom is -0.322 e. The number of amides is 1. The molecule has 0 aliphatic carbocycles. The van der Waals surface area contributed by atoms with E-state index in [-0.39, 0.29) is 5.56 Å². The van der Waals surface area contributed by atoms with Gasteiger partial charge in [-0.15, -0.1) is 0 Å². The van der Waals surface area contributed by atoms with Crippen molar-refractivity contribution < 1.29 is 14.6 Å². The fourth-order valence-corrected chi connectivity index (χ4v) is 3.27. The van der Waals surface area contributed by atoms with Crippen molar-refractivity contribution in [1.82, 2.24) is 9.38 Å². The van der Waals surface area contributed by atoms with Gasteiger partial charge in [0.2, 0.25) is 0 Å². The number of carbonyl (C=O) groups is 1. The van der Waals surface area contributed by atoms with E-state index in [1.807, 2.05) is 48.0 Å². The summed E-state index contributed by atoms with van der Waals surface area (Å²) in [6.07, 6.45) is 3.78. The van der Waals surface area contributed by atoms with Gasteiger partial charge in [-0.2, -0.15) is 0 Å². The maximum Gasteiger partial charge on any atom is 0.277 e. The number of nitro groups is 2. The highest BCUT2D eigenvalue weighted by Crippen LogP contribution is 2.27. The Hall–Kier alpha value is -4.60. The van der Waals surface area contributed by atoms with Crippen LogP contribution in [0.4, 0.5) is 17.1 Å². The Balaban J connectivity index is 1.68. The summed E-state index contributed by atoms with van der Waals surface area (Å²) >= 11 is 0. The molecule has 0 radical (unpaired) electrons. The molecule has 0 saturated carbocycles. The third kappa shape index (κ3) is 4.01. The smallest absolute Gasteiger partial charge is 0.277 e. The van der Waals surface area contributed by atoms with E-state index in [0.717, 1.165) is 40.5 Å². The van der Waals surface area contributed by atoms with Crippen LogP contribution in [0.3, 0.4) is 0 Å². The standard InChI is InChI=1S/C22H17N5O5/c1-13-5-6-25-12-20(23-21(25)7-13)15-4-3-14(2)19(10-15)24-22(28)16-8-17(26(29)30)11-18(9-16)27(31)32/h3-12H,1-2H3,(H,24,28). The SMILES string of the molecule is Cc1ccn2cc(-c3ccc(C)c(NC(=O)c4cc([N+](=O)[O-])cc([N+](=O)[O-])c4)c3)nc2c1. The van der Waals surface area contributed by atoms with Gasteiger partial charge in [0, 0.05) is 35.8 Å². The van der Waals surface area contributed by atoms with Gasteiger partial charge in [-0.25, -0.2) is 4.98 Å². The summed E-state index contributed by atoms with van der Waals surface area (Å²) in [7, 11) is 0. The lowest BCUT2D eigenvalue weighted by molar-refractivity contribution is -0.394. The van der Waals surface area contributed by atoms with Crippen LogP contribution in [0.1, 0.15) is 21.5 Å². The molecule has 0 aliphatic heterocycles. The number of anilines is 1. The van der Waals surface area contributed by atoms with E-state index in [1.165, 1.54) is 0 Å². The average Bonchev–Trinajstić information content (AvgIpc) is 3.18. The van der Waals surface area contributed by atoms with Crippen molar-refractivity contribution in [3.05, 3.63) is 97.8 Å². The van der Waals surface area contributed by atoms with E-state index in [9.17, 15) is 25.0 Å². The first kappa shape index (κ1) is 20.7. The quantitative estimate of drug-likeness (QED) is 0.360. The van der Waals surface area contributed by atoms with Crippen LogP contribution in [-0.2, 0) is 0 Å². The summed E-state index contributed by atoms with van der Waals surface area (Å²) in [6, 6.07) is 12.2. The second-order valence-electron chi connectivity index (χ2n) is 7.33. The highest BCUT2D eigenvalue weighted by Gasteiger charge is 2.20. The molecular weight excluding hydrogens is 414 g/mol. The van der Waals surface area contributed by atoms with Gasteiger partial charge in [0.25, 0.3) is 17.3 Å². The van der Waals surface area contributed by atoms with Crippen molar-refractivity contribution in [1.29, 1.82) is 0 Å². The number of carbonyl (C=O) groups excluding carboxylic acids is 1. The van der Waals surface area contributed by atoms with Gasteiger partial charge in [0.05, 0.1) is 27.2 Å². The lowest BCUT2D eigenvalue weighted by Crippen LogP contribution is -2.13. The van der Waals surface area contributed by atoms with Gasteiger partial charge >= 0.3 is 0 Å². The molecule has 2 aromatic heterocycles. The van der Waals surface area contributed by atoms with Crippen LogP contribution in [0.5, 0.6) is 0 Å². The fourth-order valence-electron chi connectivity index (χ4n) is 3.27. The number of benzene rings is 2. The van der Waals surface area contributed by atoms with Crippen molar-refractivity contribution in [2.75, 3.05) is 5.32 Å². The lowest BCUT2D eigenvalue weighted by atomic mass is 10.1. The molecule has 0 saturated heterocycles. The first-order valence-corrected chi connectivity index (χ1v) is 9.53. The van der Waals surface area contributed by atoms with Gasteiger partial charge in [-0.3, -0.25) is 25.0 Å². The maximum absolute atomic E-state index is 12.8. The highest BCUT2D eigenvalue weighted by molar-refractivity contribution is 6.05. The van der Waals surface area contributed by atoms with E-state index < -0.39 is 27.1 Å². The Morgan fingerprint density at radius 1 is 0.969 bits per heavy atom. The number of hydrogen-bond donors (Lipinski definition) is 1. The second-order valence-corrected chi connectivity index (χ2v) is 7.33. The molecule has 4 aromatic rings. The summed E-state index contributed by atoms with van der Waals surface area (Å²) in [6.45, 7) is 3.77. The number of non-ortho nitro benzene ring substituents is 2. The number of aromatic nitrogens is 2. The van der Waals surface area contributed by atoms with Crippen LogP contribution < -0.4 is 5.32 Å². The maximum atomic E-state index is 12.8. The molecule has 10 nitrogen and oxygen atoms in total. The molecule has 0 fully saturated rings. The van der Waals surface area contributed by atoms with Crippen LogP contribution in [0.25, 0.3) is 16.9 Å². The van der Waals surface area contributed by atoms with E-state index in [2.05, 4.69) is 10.3 Å². The number of hydrogen-bond acceptors (Lipinski definition) is 6. The third-order valence-corrected chi connectivity index (χ3v) is 4.98. The van der Waals surface area contributed by atoms with Gasteiger partial charge < -0.3 is 9.72 Å². The first-order valence-electron chi connectivity index (χ1n) is 9.53. The molecule has 0 aliphatic rings. The molecule has 0 atom stereocenters. The molecule has 1 amide bonds. The highest BCUT2D eigenvalue weighted by atomic mass is 16.6. The third-order valence-electron chi connectivity index (χ3n) is 4.98. The van der Waals surface area contributed by atoms with Crippen LogP contribution in [0.2, 0.25) is 0 Å². The molecule has 0 spiro atoms. The molecule has 10 heteroatoms. The summed E-state index contributed by atoms with van der Waals surface area (Å²) in [4.78, 5) is 38.0. The Kier molecular flexibility index (Phi) is 5.11. The van der Waals surface area contributed by atoms with E-state index in [0.29, 0.717) is 11.4 Å². The number of aryl methyl sites for hydroxylation is 2. The molecule has 0 bridgehead atoms. The number of pyridine rings is 1. The van der Waals surface area contributed by atoms with Crippen LogP contribution >= 0.6 is 0 Å². The van der Waals surface area contributed by atoms with Gasteiger partial charge in [0.1, 0.15) is 5.65 Å². The van der Waals surface area contributed by atoms with Crippen LogP contribution in [0.15, 0.2) is 60.9 Å². The Morgan fingerprint density at radius 3 is 2.31 bits per heavy atom. The monoisotopic (exact) mass is 431 g/mol. The van der Waals surface area contributed by atoms with E-state index >= 15 is 0 Å². The lowest BCUT2D eigenvalue weighted by Gasteiger charge is -2.10. The molecular formula is C22H17N5O5. The molecule has 2 aromatic carbocycles. The zero-order valence-corrected chi connectivity index (χ0v) is 17.1. The molecule has 4 rings (SSSR count). The Morgan fingerprint density at radius 2 is 1.66 bits per heavy atom. The number of imidazole rings is 1. The normalized spacial score (nSPS) is 10.8. The largest absolute Gasteiger partial charge is 0.322 e. The number of rotatable bonds is 5. The molecule has 2 heterocycles. The van der Waals surface area contributed by atoms with E-state index in [4.69, 9.17) is 0 Å². The summed E-state index contributed by atoms with van der Waals surface area (Å²) < 4.78 is 1.89. The second kappa shape index (κ2) is 7.91. The minimum absolute atomic E-state index is 0.182. The molecule has 0 unspecified atom stereocenters. The zero-order chi connectivity index (χ0) is 23.0. The summed E-state index contributed by atoms with van der Waals surface area (Å²) in [5, 5.41) is 24.9. The van der Waals surface area contributed by atoms with Crippen molar-refractivity contribution in [3.8, 4) is 11.3 Å². The first-order chi connectivity index (χ1) is 15.2. The van der Waals surface area contributed by atoms with Crippen molar-refractivity contribution in [2.45, 2.75) is 13.8 Å². The Bertz CT molecular complexity index is 1380. The number of nitro benzene ring substituents is 2. The predicted octanol–water partition coefficient (Wildman–Crippen LogP) is 4.69. The predicted molar refractivity (Wildman–Crippen MR) is 118 cm³/mol. The van der Waals surface area contributed by atoms with Crippen molar-refractivity contribution >= 4 is 28.6 Å². The van der Waals surface area contributed by atoms with Crippen molar-refractivity contribution in [2.24, 2.45) is 0 Å². The summed E-state index contributed by atoms with van der Waals surface area (Å²) in [5.41, 5.74) is 3.31. The number of fused-ring (bicyclic) bond motifs is 1. The average molecular weight is 431 g/mol. The van der Waals surface area contributed by atoms with Gasteiger partial charge in [-0.05, 0) is 43.2 Å². The fraction of sp³-hybridized carbons (Fsp3) is 0.0909. The van der Waals surface area contributed by atoms with E-state index in [1.54, 1.807) is 13.0 Å². The van der Waals surface area contributed by atoms with Gasteiger partial charge in [-0.1, -0.05) is 12.1 Å². The Labute approximate surface area is 181 Å². The number of nitrogens with zero attached hydrogens (tertiary/aromatic N) is 4. The minimum atomic E-state index is -0.777. The van der Waals surface area contributed by atoms with Crippen LogP contribution in [0, 0.1) is 34.1 Å². The van der Waals surface area contributed by atoms with Crippen LogP contribution in [-0.4, -0.2) is 25.1 Å². The zero-order valence-electron chi connectivity index (χ0n) is 17.1. The topological polar surface area (TPSA) is 133 Å².